The molecule has 8 rings (SSSR count). The van der Waals surface area contributed by atoms with Gasteiger partial charge in [0, 0.05) is 55.0 Å². The molecule has 4 aromatic carbocycles. The highest BCUT2D eigenvalue weighted by Crippen LogP contribution is 2.44. The second-order valence-corrected chi connectivity index (χ2v) is 15.1. The molecular weight excluding hydrogens is 760 g/mol. The van der Waals surface area contributed by atoms with Crippen LogP contribution in [0.5, 0.6) is 11.5 Å². The highest BCUT2D eigenvalue weighted by molar-refractivity contribution is 5.94. The molecule has 2 saturated heterocycles. The van der Waals surface area contributed by atoms with Gasteiger partial charge in [0.05, 0.1) is 17.7 Å². The molecule has 4 heterocycles. The van der Waals surface area contributed by atoms with E-state index in [1.165, 1.54) is 18.2 Å². The van der Waals surface area contributed by atoms with Crippen LogP contribution in [0.1, 0.15) is 43.4 Å². The summed E-state index contributed by atoms with van der Waals surface area (Å²) in [5, 5.41) is 20.2. The Bertz CT molecular complexity index is 2660. The molecule has 0 bridgehead atoms. The van der Waals surface area contributed by atoms with Gasteiger partial charge in [0.2, 0.25) is 17.5 Å². The van der Waals surface area contributed by atoms with Crippen LogP contribution in [0.2, 0.25) is 0 Å². The SMILES string of the molecule is [C-]#[N+]c1c(-c2nc3cc(CN4CCC[C@H]4C(=O)O)c(OC(F)F)cc3o2)cccc1-c1cccc(-c2nc3cc(CN4CC(C)(C)C4)c(OC(F)F)cc3o2)c1C#N. The number of benzene rings is 4. The van der Waals surface area contributed by atoms with E-state index in [2.05, 4.69) is 39.6 Å². The van der Waals surface area contributed by atoms with Gasteiger partial charge in [-0.3, -0.25) is 14.6 Å². The van der Waals surface area contributed by atoms with Crippen LogP contribution < -0.4 is 9.47 Å². The van der Waals surface area contributed by atoms with Gasteiger partial charge in [0.1, 0.15) is 34.6 Å². The van der Waals surface area contributed by atoms with Gasteiger partial charge in [-0.2, -0.15) is 22.8 Å². The Morgan fingerprint density at radius 2 is 1.47 bits per heavy atom. The van der Waals surface area contributed by atoms with Gasteiger partial charge in [0.25, 0.3) is 0 Å². The molecule has 6 aromatic rings. The van der Waals surface area contributed by atoms with Crippen LogP contribution in [0.25, 0.3) is 61.1 Å². The minimum absolute atomic E-state index is 0.000565. The number of rotatable bonds is 12. The molecule has 1 atom stereocenters. The number of aliphatic carboxylic acids is 1. The average molecular weight is 795 g/mol. The summed E-state index contributed by atoms with van der Waals surface area (Å²) in [6.07, 6.45) is 1.06. The highest BCUT2D eigenvalue weighted by atomic mass is 19.3. The van der Waals surface area contributed by atoms with E-state index >= 15 is 0 Å². The second-order valence-electron chi connectivity index (χ2n) is 15.1. The lowest BCUT2D eigenvalue weighted by atomic mass is 9.84. The smallest absolute Gasteiger partial charge is 0.387 e. The first-order chi connectivity index (χ1) is 27.8. The lowest BCUT2D eigenvalue weighted by molar-refractivity contribution is -0.142. The van der Waals surface area contributed by atoms with Crippen molar-refractivity contribution in [1.82, 2.24) is 19.8 Å². The quantitative estimate of drug-likeness (QED) is 0.0935. The third kappa shape index (κ3) is 7.40. The van der Waals surface area contributed by atoms with Crippen molar-refractivity contribution in [3.8, 4) is 51.6 Å². The Kier molecular flexibility index (Phi) is 10.0. The number of carboxylic acids is 1. The fraction of sp³-hybridized carbons (Fsp3) is 0.310. The summed E-state index contributed by atoms with van der Waals surface area (Å²) in [7, 11) is 0. The predicted molar refractivity (Wildman–Crippen MR) is 202 cm³/mol. The van der Waals surface area contributed by atoms with Gasteiger partial charge in [0.15, 0.2) is 11.2 Å². The topological polar surface area (TPSA) is 142 Å². The highest BCUT2D eigenvalue weighted by Gasteiger charge is 2.35. The molecule has 0 saturated carbocycles. The van der Waals surface area contributed by atoms with Crippen molar-refractivity contribution >= 4 is 33.9 Å². The molecule has 2 aliphatic heterocycles. The number of ether oxygens (including phenoxy) is 2. The summed E-state index contributed by atoms with van der Waals surface area (Å²) in [6, 6.07) is 17.1. The molecule has 0 unspecified atom stereocenters. The maximum Gasteiger partial charge on any atom is 0.387 e. The molecular formula is C42H34F4N6O6. The fourth-order valence-corrected chi connectivity index (χ4v) is 8.05. The normalized spacial score (nSPS) is 16.8. The molecule has 0 radical (unpaired) electrons. The zero-order valence-corrected chi connectivity index (χ0v) is 31.1. The first-order valence-corrected chi connectivity index (χ1v) is 18.3. The molecule has 0 amide bonds. The number of nitriles is 1. The van der Waals surface area contributed by atoms with Crippen molar-refractivity contribution in [2.24, 2.45) is 5.41 Å². The molecule has 2 fully saturated rings. The molecule has 296 valence electrons. The summed E-state index contributed by atoms with van der Waals surface area (Å²) in [5.41, 5.74) is 3.34. The monoisotopic (exact) mass is 794 g/mol. The van der Waals surface area contributed by atoms with Crippen molar-refractivity contribution in [2.75, 3.05) is 19.6 Å². The summed E-state index contributed by atoms with van der Waals surface area (Å²) < 4.78 is 75.7. The van der Waals surface area contributed by atoms with E-state index in [0.717, 1.165) is 13.1 Å². The van der Waals surface area contributed by atoms with E-state index in [-0.39, 0.29) is 68.7 Å². The number of alkyl halides is 4. The van der Waals surface area contributed by atoms with Crippen LogP contribution in [-0.4, -0.2) is 69.7 Å². The number of para-hydroxylation sites is 1. The summed E-state index contributed by atoms with van der Waals surface area (Å²) in [5.74, 6) is -1.17. The Morgan fingerprint density at radius 3 is 2.02 bits per heavy atom. The third-order valence-electron chi connectivity index (χ3n) is 10.4. The van der Waals surface area contributed by atoms with Gasteiger partial charge >= 0.3 is 19.2 Å². The largest absolute Gasteiger partial charge is 0.480 e. The Morgan fingerprint density at radius 1 is 0.914 bits per heavy atom. The fourth-order valence-electron chi connectivity index (χ4n) is 8.05. The van der Waals surface area contributed by atoms with Crippen molar-refractivity contribution in [1.29, 1.82) is 5.26 Å². The van der Waals surface area contributed by atoms with E-state index < -0.39 is 25.2 Å². The minimum atomic E-state index is -3.16. The average Bonchev–Trinajstić information content (AvgIpc) is 3.91. The molecule has 58 heavy (non-hydrogen) atoms. The number of aromatic nitrogens is 2. The zero-order valence-electron chi connectivity index (χ0n) is 31.1. The van der Waals surface area contributed by atoms with Crippen molar-refractivity contribution in [2.45, 2.75) is 59.0 Å². The van der Waals surface area contributed by atoms with Crippen molar-refractivity contribution in [3.05, 3.63) is 88.8 Å². The molecule has 2 aromatic heterocycles. The van der Waals surface area contributed by atoms with Crippen molar-refractivity contribution < 1.29 is 45.8 Å². The zero-order chi connectivity index (χ0) is 40.9. The Balaban J connectivity index is 1.16. The molecule has 1 N–H and O–H groups in total. The second kappa shape index (κ2) is 15.1. The number of hydrogen-bond donors (Lipinski definition) is 1. The van der Waals surface area contributed by atoms with Gasteiger partial charge in [-0.1, -0.05) is 44.2 Å². The van der Waals surface area contributed by atoms with Gasteiger partial charge in [-0.05, 0) is 54.1 Å². The van der Waals surface area contributed by atoms with E-state index in [0.29, 0.717) is 59.3 Å². The van der Waals surface area contributed by atoms with Gasteiger partial charge in [-0.15, -0.1) is 0 Å². The van der Waals surface area contributed by atoms with E-state index in [1.54, 1.807) is 47.4 Å². The van der Waals surface area contributed by atoms with Crippen LogP contribution in [0.3, 0.4) is 0 Å². The van der Waals surface area contributed by atoms with Gasteiger partial charge < -0.3 is 23.4 Å². The maximum atomic E-state index is 13.5. The van der Waals surface area contributed by atoms with Gasteiger partial charge in [-0.25, -0.2) is 14.8 Å². The number of likely N-dealkylation sites (tertiary alicyclic amines) is 2. The van der Waals surface area contributed by atoms with Crippen LogP contribution in [0.15, 0.2) is 69.5 Å². The predicted octanol–water partition coefficient (Wildman–Crippen LogP) is 9.49. The molecule has 2 aliphatic rings. The number of oxazole rings is 2. The Hall–Kier alpha value is -6.49. The minimum Gasteiger partial charge on any atom is -0.480 e. The molecule has 0 aliphatic carbocycles. The summed E-state index contributed by atoms with van der Waals surface area (Å²) in [6.45, 7) is 8.66. The lowest BCUT2D eigenvalue weighted by Crippen LogP contribution is -2.52. The molecule has 16 heteroatoms. The summed E-state index contributed by atoms with van der Waals surface area (Å²) >= 11 is 0. The van der Waals surface area contributed by atoms with Crippen LogP contribution in [0, 0.1) is 23.3 Å². The summed E-state index contributed by atoms with van der Waals surface area (Å²) in [4.78, 5) is 28.6. The van der Waals surface area contributed by atoms with Crippen LogP contribution in [-0.2, 0) is 17.9 Å². The number of fused-ring (bicyclic) bond motifs is 2. The van der Waals surface area contributed by atoms with E-state index in [4.69, 9.17) is 24.9 Å². The molecule has 0 spiro atoms. The number of nitrogens with zero attached hydrogens (tertiary/aromatic N) is 6. The third-order valence-corrected chi connectivity index (χ3v) is 10.4. The molecule has 12 nitrogen and oxygen atoms in total. The number of hydrogen-bond acceptors (Lipinski definition) is 10. The van der Waals surface area contributed by atoms with Crippen LogP contribution >= 0.6 is 0 Å². The van der Waals surface area contributed by atoms with E-state index in [1.807, 2.05) is 0 Å². The van der Waals surface area contributed by atoms with Crippen LogP contribution in [0.4, 0.5) is 23.2 Å². The maximum absolute atomic E-state index is 13.5. The Labute approximate surface area is 328 Å². The first-order valence-electron chi connectivity index (χ1n) is 18.3. The standard InChI is InChI=1S/C42H34F4N6O6/c1-42(2)20-51(21-42)18-22-13-29-34(15-32(22)57-40(43)44)55-37(49-29)26-9-4-7-24(28(26)17-47)25-8-5-10-27(36(25)48-3)38-50-30-14-23(19-52-12-6-11-31(52)39(53)54)33(58-41(45)46)16-35(30)56-38/h4-5,7-10,13-16,31,40-41H,6,11-12,18-21H2,1-2H3,(H,53,54)/t31-/m0/s1. The first kappa shape index (κ1) is 38.4. The number of halogens is 4. The van der Waals surface area contributed by atoms with E-state index in [9.17, 15) is 32.7 Å². The number of carboxylic acid groups (broad SMARTS) is 1. The lowest BCUT2D eigenvalue weighted by Gasteiger charge is -2.46. The van der Waals surface area contributed by atoms with Crippen molar-refractivity contribution in [3.63, 3.8) is 0 Å². The number of carbonyl (C=O) groups is 1.